The van der Waals surface area contributed by atoms with Gasteiger partial charge in [-0.3, -0.25) is 0 Å². The van der Waals surface area contributed by atoms with Crippen molar-refractivity contribution in [1.82, 2.24) is 0 Å². The molecule has 0 amide bonds. The van der Waals surface area contributed by atoms with Crippen LogP contribution in [0, 0.1) is 0 Å². The van der Waals surface area contributed by atoms with Crippen molar-refractivity contribution in [2.45, 2.75) is 53.9 Å². The maximum Gasteiger partial charge on any atom is 0.0158 e. The molecule has 0 atom stereocenters. The fourth-order valence-electron chi connectivity index (χ4n) is 2.57. The molecule has 20 heavy (non-hydrogen) atoms. The Morgan fingerprint density at radius 2 is 1.55 bits per heavy atom. The Labute approximate surface area is 125 Å². The van der Waals surface area contributed by atoms with Gasteiger partial charge in [0.15, 0.2) is 0 Å². The van der Waals surface area contributed by atoms with Crippen LogP contribution in [0.4, 0.5) is 0 Å². The summed E-state index contributed by atoms with van der Waals surface area (Å²) in [4.78, 5) is 0. The van der Waals surface area contributed by atoms with Crippen LogP contribution < -0.4 is 0 Å². The Bertz CT molecular complexity index is 485. The first-order valence-corrected chi connectivity index (χ1v) is 7.72. The lowest BCUT2D eigenvalue weighted by Crippen LogP contribution is -2.15. The third-order valence-corrected chi connectivity index (χ3v) is 3.39. The number of hydrogen-bond acceptors (Lipinski definition) is 0. The molecule has 0 N–H and O–H groups in total. The van der Waals surface area contributed by atoms with Crippen LogP contribution in [-0.4, -0.2) is 0 Å². The van der Waals surface area contributed by atoms with Crippen molar-refractivity contribution in [2.24, 2.45) is 0 Å². The summed E-state index contributed by atoms with van der Waals surface area (Å²) in [5.74, 6) is 0. The second-order valence-corrected chi connectivity index (χ2v) is 4.70. The van der Waals surface area contributed by atoms with Gasteiger partial charge in [0.25, 0.3) is 0 Å². The summed E-state index contributed by atoms with van der Waals surface area (Å²) in [6.07, 6.45) is 6.28. The van der Waals surface area contributed by atoms with Gasteiger partial charge in [0.2, 0.25) is 0 Å². The Morgan fingerprint density at radius 1 is 1.00 bits per heavy atom. The lowest BCUT2D eigenvalue weighted by Gasteiger charge is -2.22. The molecule has 1 aromatic rings. The molecule has 0 bridgehead atoms. The highest BCUT2D eigenvalue weighted by Gasteiger charge is 2.34. The largest absolute Gasteiger partial charge is 0.0984 e. The zero-order valence-corrected chi connectivity index (χ0v) is 14.2. The third-order valence-electron chi connectivity index (χ3n) is 3.39. The number of hydrogen-bond donors (Lipinski definition) is 0. The summed E-state index contributed by atoms with van der Waals surface area (Å²) >= 11 is 0. The highest BCUT2D eigenvalue weighted by atomic mass is 14.4. The standard InChI is InChI=1S/C16H18.2C2H6/c1-5-9-14-12(6-2)13-10-7-8-11-15(13)16(14,3)4;2*1-2/h5-11H,2H2,1,3-4H3;2*1-2H3/b9-5-;;. The molecule has 0 unspecified atom stereocenters. The topological polar surface area (TPSA) is 0 Å². The molecule has 1 aromatic carbocycles. The van der Waals surface area contributed by atoms with Crippen LogP contribution in [0.5, 0.6) is 0 Å². The van der Waals surface area contributed by atoms with E-state index in [-0.39, 0.29) is 5.41 Å². The first-order chi connectivity index (χ1) is 9.62. The highest BCUT2D eigenvalue weighted by Crippen LogP contribution is 2.46. The summed E-state index contributed by atoms with van der Waals surface area (Å²) in [6, 6.07) is 8.61. The number of fused-ring (bicyclic) bond motifs is 1. The molecule has 0 nitrogen and oxygen atoms in total. The Kier molecular flexibility index (Phi) is 7.91. The minimum atomic E-state index is 0.0899. The van der Waals surface area contributed by atoms with Gasteiger partial charge in [0.05, 0.1) is 0 Å². The number of rotatable bonds is 2. The smallest absolute Gasteiger partial charge is 0.0158 e. The molecule has 0 aromatic heterocycles. The van der Waals surface area contributed by atoms with Gasteiger partial charge in [0.1, 0.15) is 0 Å². The van der Waals surface area contributed by atoms with Crippen molar-refractivity contribution in [2.75, 3.05) is 0 Å². The van der Waals surface area contributed by atoms with Crippen molar-refractivity contribution < 1.29 is 0 Å². The van der Waals surface area contributed by atoms with Crippen LogP contribution in [0.2, 0.25) is 0 Å². The lowest BCUT2D eigenvalue weighted by molar-refractivity contribution is 0.654. The number of allylic oxidation sites excluding steroid dienone is 5. The first kappa shape index (κ1) is 18.4. The monoisotopic (exact) mass is 270 g/mol. The van der Waals surface area contributed by atoms with Gasteiger partial charge in [-0.05, 0) is 29.2 Å². The number of benzene rings is 1. The van der Waals surface area contributed by atoms with E-state index in [1.165, 1.54) is 22.3 Å². The van der Waals surface area contributed by atoms with Crippen molar-refractivity contribution in [3.63, 3.8) is 0 Å². The molecule has 1 aliphatic rings. The van der Waals surface area contributed by atoms with Crippen LogP contribution in [0.3, 0.4) is 0 Å². The molecule has 0 radical (unpaired) electrons. The summed E-state index contributed by atoms with van der Waals surface area (Å²) in [5, 5.41) is 0. The summed E-state index contributed by atoms with van der Waals surface area (Å²) in [6.45, 7) is 18.6. The quantitative estimate of drug-likeness (QED) is 0.572. The Hall–Kier alpha value is -1.56. The van der Waals surface area contributed by atoms with Crippen LogP contribution in [0.25, 0.3) is 5.57 Å². The molecule has 0 heteroatoms. The second kappa shape index (κ2) is 8.58. The van der Waals surface area contributed by atoms with Gasteiger partial charge in [-0.15, -0.1) is 0 Å². The summed E-state index contributed by atoms with van der Waals surface area (Å²) < 4.78 is 0. The van der Waals surface area contributed by atoms with Crippen LogP contribution >= 0.6 is 0 Å². The van der Waals surface area contributed by atoms with Gasteiger partial charge < -0.3 is 0 Å². The average Bonchev–Trinajstić information content (AvgIpc) is 2.72. The van der Waals surface area contributed by atoms with Crippen molar-refractivity contribution in [3.8, 4) is 0 Å². The zero-order valence-electron chi connectivity index (χ0n) is 14.2. The van der Waals surface area contributed by atoms with E-state index in [2.05, 4.69) is 63.8 Å². The van der Waals surface area contributed by atoms with Gasteiger partial charge in [-0.25, -0.2) is 0 Å². The molecule has 2 rings (SSSR count). The molecular weight excluding hydrogens is 240 g/mol. The predicted octanol–water partition coefficient (Wildman–Crippen LogP) is 6.55. The fraction of sp³-hybridized carbons (Fsp3) is 0.400. The molecule has 0 fully saturated rings. The van der Waals surface area contributed by atoms with E-state index < -0.39 is 0 Å². The van der Waals surface area contributed by atoms with Gasteiger partial charge in [0, 0.05) is 5.41 Å². The molecule has 0 heterocycles. The summed E-state index contributed by atoms with van der Waals surface area (Å²) in [5.41, 5.74) is 5.46. The normalized spacial score (nSPS) is 14.9. The van der Waals surface area contributed by atoms with Gasteiger partial charge in [-0.1, -0.05) is 90.6 Å². The van der Waals surface area contributed by atoms with Crippen LogP contribution in [-0.2, 0) is 5.41 Å². The first-order valence-electron chi connectivity index (χ1n) is 7.72. The maximum absolute atomic E-state index is 3.95. The predicted molar refractivity (Wildman–Crippen MR) is 94.1 cm³/mol. The fourth-order valence-corrected chi connectivity index (χ4v) is 2.57. The molecule has 1 aliphatic carbocycles. The minimum absolute atomic E-state index is 0.0899. The second-order valence-electron chi connectivity index (χ2n) is 4.70. The summed E-state index contributed by atoms with van der Waals surface area (Å²) in [7, 11) is 0. The van der Waals surface area contributed by atoms with E-state index in [9.17, 15) is 0 Å². The molecule has 0 spiro atoms. The van der Waals surface area contributed by atoms with E-state index in [0.717, 1.165) is 0 Å². The molecule has 0 aliphatic heterocycles. The van der Waals surface area contributed by atoms with Crippen molar-refractivity contribution in [1.29, 1.82) is 0 Å². The maximum atomic E-state index is 3.95. The molecule has 0 saturated carbocycles. The van der Waals surface area contributed by atoms with E-state index >= 15 is 0 Å². The van der Waals surface area contributed by atoms with Crippen LogP contribution in [0.15, 0.2) is 54.6 Å². The zero-order chi connectivity index (χ0) is 15.8. The average molecular weight is 270 g/mol. The van der Waals surface area contributed by atoms with E-state index in [1.807, 2.05) is 33.8 Å². The van der Waals surface area contributed by atoms with Crippen molar-refractivity contribution >= 4 is 5.57 Å². The Morgan fingerprint density at radius 3 is 2.05 bits per heavy atom. The SMILES string of the molecule is C=CC1=C(/C=C\C)C(C)(C)c2ccccc21.CC.CC. The Balaban J connectivity index is 0.000000829. The lowest BCUT2D eigenvalue weighted by atomic mass is 9.81. The van der Waals surface area contributed by atoms with Gasteiger partial charge in [-0.2, -0.15) is 0 Å². The molecule has 110 valence electrons. The van der Waals surface area contributed by atoms with E-state index in [0.29, 0.717) is 0 Å². The minimum Gasteiger partial charge on any atom is -0.0984 e. The van der Waals surface area contributed by atoms with Gasteiger partial charge >= 0.3 is 0 Å². The van der Waals surface area contributed by atoms with E-state index in [1.54, 1.807) is 0 Å². The highest BCUT2D eigenvalue weighted by molar-refractivity contribution is 5.87. The van der Waals surface area contributed by atoms with Crippen LogP contribution in [0.1, 0.15) is 59.6 Å². The van der Waals surface area contributed by atoms with E-state index in [4.69, 9.17) is 0 Å². The third kappa shape index (κ3) is 3.30. The molecular formula is C20H30. The van der Waals surface area contributed by atoms with Crippen molar-refractivity contribution in [3.05, 3.63) is 65.8 Å². The molecule has 0 saturated heterocycles.